The maximum Gasteiger partial charge on any atom is 0.410 e. The van der Waals surface area contributed by atoms with Gasteiger partial charge in [-0.1, -0.05) is 30.3 Å². The van der Waals surface area contributed by atoms with Gasteiger partial charge in [0.25, 0.3) is 0 Å². The molecule has 1 atom stereocenters. The molecule has 1 N–H and O–H groups in total. The number of aliphatic carboxylic acids is 1. The van der Waals surface area contributed by atoms with E-state index in [1.54, 1.807) is 0 Å². The Morgan fingerprint density at radius 2 is 1.88 bits per heavy atom. The second-order valence-corrected chi connectivity index (χ2v) is 6.28. The highest BCUT2D eigenvalue weighted by atomic mass is 35.5. The molecule has 0 spiro atoms. The molecule has 1 heterocycles. The van der Waals surface area contributed by atoms with Crippen molar-refractivity contribution in [1.29, 1.82) is 0 Å². The van der Waals surface area contributed by atoms with E-state index in [1.807, 2.05) is 35.2 Å². The Balaban J connectivity index is 0.00000208. The minimum absolute atomic E-state index is 0. The highest BCUT2D eigenvalue weighted by Gasteiger charge is 2.37. The summed E-state index contributed by atoms with van der Waals surface area (Å²) >= 11 is 0. The maximum absolute atomic E-state index is 12.2. The fourth-order valence-electron chi connectivity index (χ4n) is 2.88. The molecule has 7 heteroatoms. The summed E-state index contributed by atoms with van der Waals surface area (Å²) in [6.07, 6.45) is 1.93. The zero-order valence-corrected chi connectivity index (χ0v) is 14.3. The van der Waals surface area contributed by atoms with Crippen LogP contribution in [0.3, 0.4) is 0 Å². The number of halogens is 1. The molecule has 0 aromatic heterocycles. The van der Waals surface area contributed by atoms with Crippen LogP contribution in [0.25, 0.3) is 0 Å². The first-order chi connectivity index (χ1) is 11.1. The first-order valence-electron chi connectivity index (χ1n) is 8.06. The van der Waals surface area contributed by atoms with Crippen LogP contribution < -0.4 is 0 Å². The van der Waals surface area contributed by atoms with Gasteiger partial charge in [0, 0.05) is 19.6 Å². The van der Waals surface area contributed by atoms with Gasteiger partial charge in [0.2, 0.25) is 0 Å². The van der Waals surface area contributed by atoms with Crippen LogP contribution in [-0.2, 0) is 16.1 Å². The predicted molar refractivity (Wildman–Crippen MR) is 91.2 cm³/mol. The number of hydrogen-bond acceptors (Lipinski definition) is 4. The lowest BCUT2D eigenvalue weighted by Gasteiger charge is -2.38. The van der Waals surface area contributed by atoms with Gasteiger partial charge in [-0.25, -0.2) is 4.79 Å². The Hall–Kier alpha value is -1.79. The van der Waals surface area contributed by atoms with Gasteiger partial charge in [0.15, 0.2) is 0 Å². The molecule has 1 aliphatic heterocycles. The molecule has 1 saturated heterocycles. The van der Waals surface area contributed by atoms with Crippen molar-refractivity contribution in [3.8, 4) is 0 Å². The quantitative estimate of drug-likeness (QED) is 0.878. The van der Waals surface area contributed by atoms with Gasteiger partial charge in [-0.3, -0.25) is 9.69 Å². The molecular formula is C17H23ClN2O4. The van der Waals surface area contributed by atoms with Crippen molar-refractivity contribution in [2.45, 2.75) is 25.5 Å². The zero-order chi connectivity index (χ0) is 16.2. The summed E-state index contributed by atoms with van der Waals surface area (Å²) in [5, 5.41) is 9.43. The number of carboxylic acids is 1. The van der Waals surface area contributed by atoms with Crippen LogP contribution >= 0.6 is 12.4 Å². The number of carbonyl (C=O) groups is 2. The molecular weight excluding hydrogens is 332 g/mol. The van der Waals surface area contributed by atoms with E-state index < -0.39 is 18.1 Å². The van der Waals surface area contributed by atoms with Gasteiger partial charge >= 0.3 is 12.1 Å². The number of carbonyl (C=O) groups excluding carboxylic acids is 1. The van der Waals surface area contributed by atoms with E-state index in [0.717, 1.165) is 12.1 Å². The number of piperazine rings is 1. The second kappa shape index (κ2) is 8.35. The third kappa shape index (κ3) is 4.85. The lowest BCUT2D eigenvalue weighted by Crippen LogP contribution is -2.58. The molecule has 2 fully saturated rings. The van der Waals surface area contributed by atoms with E-state index in [1.165, 1.54) is 17.7 Å². The minimum atomic E-state index is -0.869. The van der Waals surface area contributed by atoms with E-state index in [4.69, 9.17) is 4.74 Å². The molecule has 1 aliphatic carbocycles. The summed E-state index contributed by atoms with van der Waals surface area (Å²) in [6, 6.07) is 8.83. The fraction of sp³-hybridized carbons (Fsp3) is 0.529. The van der Waals surface area contributed by atoms with Crippen molar-refractivity contribution < 1.29 is 19.4 Å². The lowest BCUT2D eigenvalue weighted by molar-refractivity contribution is -0.145. The average molecular weight is 355 g/mol. The first kappa shape index (κ1) is 18.5. The fourth-order valence-corrected chi connectivity index (χ4v) is 2.88. The number of hydrogen-bond donors (Lipinski definition) is 1. The maximum atomic E-state index is 12.2. The third-order valence-corrected chi connectivity index (χ3v) is 4.43. The number of amides is 1. The van der Waals surface area contributed by atoms with E-state index >= 15 is 0 Å². The second-order valence-electron chi connectivity index (χ2n) is 6.28. The molecule has 0 radical (unpaired) electrons. The van der Waals surface area contributed by atoms with Crippen LogP contribution in [0.1, 0.15) is 18.4 Å². The summed E-state index contributed by atoms with van der Waals surface area (Å²) in [5.41, 5.74) is 0.919. The van der Waals surface area contributed by atoms with Gasteiger partial charge in [0.05, 0.1) is 6.54 Å². The minimum Gasteiger partial charge on any atom is -0.480 e. The highest BCUT2D eigenvalue weighted by molar-refractivity contribution is 5.85. The zero-order valence-electron chi connectivity index (χ0n) is 13.5. The van der Waals surface area contributed by atoms with E-state index in [-0.39, 0.29) is 25.6 Å². The molecule has 1 amide bonds. The van der Waals surface area contributed by atoms with Gasteiger partial charge < -0.3 is 14.7 Å². The number of carboxylic acid groups (broad SMARTS) is 1. The van der Waals surface area contributed by atoms with Crippen LogP contribution in [0.5, 0.6) is 0 Å². The summed E-state index contributed by atoms with van der Waals surface area (Å²) < 4.78 is 5.30. The third-order valence-electron chi connectivity index (χ3n) is 4.43. The van der Waals surface area contributed by atoms with Crippen molar-refractivity contribution in [2.75, 3.05) is 26.2 Å². The van der Waals surface area contributed by atoms with E-state index in [2.05, 4.69) is 0 Å². The van der Waals surface area contributed by atoms with Gasteiger partial charge in [-0.2, -0.15) is 0 Å². The number of ether oxygens (including phenoxy) is 1. The summed E-state index contributed by atoms with van der Waals surface area (Å²) in [7, 11) is 0. The Bertz CT molecular complexity index is 565. The molecule has 1 unspecified atom stereocenters. The van der Waals surface area contributed by atoms with Crippen molar-refractivity contribution >= 4 is 24.5 Å². The summed E-state index contributed by atoms with van der Waals surface area (Å²) in [4.78, 5) is 27.2. The Kier molecular flexibility index (Phi) is 6.45. The van der Waals surface area contributed by atoms with E-state index in [0.29, 0.717) is 19.0 Å². The number of nitrogens with zero attached hydrogens (tertiary/aromatic N) is 2. The lowest BCUT2D eigenvalue weighted by atomic mass is 10.1. The van der Waals surface area contributed by atoms with Crippen LogP contribution in [0.4, 0.5) is 4.79 Å². The molecule has 6 nitrogen and oxygen atoms in total. The molecule has 1 saturated carbocycles. The first-order valence-corrected chi connectivity index (χ1v) is 8.06. The van der Waals surface area contributed by atoms with Crippen molar-refractivity contribution in [2.24, 2.45) is 5.92 Å². The van der Waals surface area contributed by atoms with Gasteiger partial charge in [-0.05, 0) is 24.3 Å². The molecule has 2 aliphatic rings. The van der Waals surface area contributed by atoms with Crippen LogP contribution in [-0.4, -0.2) is 59.2 Å². The SMILES string of the molecule is Cl.O=C(O)C1CN(C(=O)OCc2ccccc2)CCN1CC1CC1. The Labute approximate surface area is 147 Å². The smallest absolute Gasteiger partial charge is 0.410 e. The standard InChI is InChI=1S/C17H22N2O4.ClH/c20-16(21)15-11-19(9-8-18(15)10-13-6-7-13)17(22)23-12-14-4-2-1-3-5-14;/h1-5,13,15H,6-12H2,(H,20,21);1H. The number of benzene rings is 1. The monoisotopic (exact) mass is 354 g/mol. The Morgan fingerprint density at radius 1 is 1.17 bits per heavy atom. The van der Waals surface area contributed by atoms with E-state index in [9.17, 15) is 14.7 Å². The average Bonchev–Trinajstić information content (AvgIpc) is 3.37. The Morgan fingerprint density at radius 3 is 2.50 bits per heavy atom. The van der Waals surface area contributed by atoms with Crippen molar-refractivity contribution in [3.63, 3.8) is 0 Å². The molecule has 24 heavy (non-hydrogen) atoms. The number of rotatable bonds is 5. The predicted octanol–water partition coefficient (Wildman–Crippen LogP) is 2.23. The highest BCUT2D eigenvalue weighted by Crippen LogP contribution is 2.31. The van der Waals surface area contributed by atoms with Crippen molar-refractivity contribution in [3.05, 3.63) is 35.9 Å². The molecule has 132 valence electrons. The van der Waals surface area contributed by atoms with Crippen LogP contribution in [0.15, 0.2) is 30.3 Å². The molecule has 1 aromatic carbocycles. The largest absolute Gasteiger partial charge is 0.480 e. The molecule has 3 rings (SSSR count). The van der Waals surface area contributed by atoms with Crippen LogP contribution in [0.2, 0.25) is 0 Å². The topological polar surface area (TPSA) is 70.1 Å². The summed E-state index contributed by atoms with van der Waals surface area (Å²) in [5.74, 6) is -0.236. The van der Waals surface area contributed by atoms with Gasteiger partial charge in [-0.15, -0.1) is 12.4 Å². The van der Waals surface area contributed by atoms with Gasteiger partial charge in [0.1, 0.15) is 12.6 Å². The summed E-state index contributed by atoms with van der Waals surface area (Å²) in [6.45, 7) is 2.33. The molecule has 1 aromatic rings. The van der Waals surface area contributed by atoms with Crippen molar-refractivity contribution in [1.82, 2.24) is 9.80 Å². The van der Waals surface area contributed by atoms with Crippen LogP contribution in [0, 0.1) is 5.92 Å². The molecule has 0 bridgehead atoms. The normalized spacial score (nSPS) is 21.0.